The summed E-state index contributed by atoms with van der Waals surface area (Å²) >= 11 is 1.09. The van der Waals surface area contributed by atoms with Crippen LogP contribution in [0.1, 0.15) is 10.4 Å². The highest BCUT2D eigenvalue weighted by molar-refractivity contribution is 8.00. The molecule has 0 radical (unpaired) electrons. The lowest BCUT2D eigenvalue weighted by Crippen LogP contribution is -2.42. The number of aromatic nitrogens is 1. The van der Waals surface area contributed by atoms with Crippen LogP contribution in [-0.4, -0.2) is 34.2 Å². The highest BCUT2D eigenvalue weighted by Crippen LogP contribution is 2.17. The first-order valence-electron chi connectivity index (χ1n) is 8.31. The molecule has 1 aromatic heterocycles. The zero-order valence-corrected chi connectivity index (χ0v) is 15.4. The van der Waals surface area contributed by atoms with E-state index in [1.807, 2.05) is 18.2 Å². The van der Waals surface area contributed by atoms with Gasteiger partial charge in [-0.2, -0.15) is 0 Å². The molecule has 0 bridgehead atoms. The number of halogens is 1. The van der Waals surface area contributed by atoms with E-state index >= 15 is 0 Å². The summed E-state index contributed by atoms with van der Waals surface area (Å²) < 4.78 is 12.8. The van der Waals surface area contributed by atoms with Crippen molar-refractivity contribution in [3.63, 3.8) is 0 Å². The van der Waals surface area contributed by atoms with Crippen LogP contribution >= 0.6 is 11.8 Å². The van der Waals surface area contributed by atoms with E-state index in [4.69, 9.17) is 0 Å². The third kappa shape index (κ3) is 5.10. The quantitative estimate of drug-likeness (QED) is 0.477. The Bertz CT molecular complexity index is 1000. The molecule has 3 rings (SSSR count). The third-order valence-corrected chi connectivity index (χ3v) is 4.68. The summed E-state index contributed by atoms with van der Waals surface area (Å²) in [5, 5.41) is 3.35. The molecule has 0 aliphatic heterocycles. The number of thioether (sulfide) groups is 1. The number of hydrogen-bond donors (Lipinski definition) is 4. The molecule has 9 heteroatoms. The van der Waals surface area contributed by atoms with E-state index in [9.17, 15) is 18.8 Å². The highest BCUT2D eigenvalue weighted by atomic mass is 32.2. The topological polar surface area (TPSA) is 103 Å². The summed E-state index contributed by atoms with van der Waals surface area (Å²) in [6.45, 7) is 0. The van der Waals surface area contributed by atoms with Gasteiger partial charge in [-0.05, 0) is 30.3 Å². The molecule has 0 spiro atoms. The van der Waals surface area contributed by atoms with Crippen molar-refractivity contribution in [2.24, 2.45) is 0 Å². The first-order chi connectivity index (χ1) is 13.5. The molecule has 28 heavy (non-hydrogen) atoms. The van der Waals surface area contributed by atoms with E-state index in [0.29, 0.717) is 11.3 Å². The summed E-state index contributed by atoms with van der Waals surface area (Å²) in [5.74, 6) is -1.55. The lowest BCUT2D eigenvalue weighted by molar-refractivity contribution is -0.119. The molecule has 4 N–H and O–H groups in total. The van der Waals surface area contributed by atoms with Gasteiger partial charge < -0.3 is 10.3 Å². The fraction of sp³-hybridized carbons (Fsp3) is 0.105. The van der Waals surface area contributed by atoms with E-state index in [1.165, 1.54) is 24.3 Å². The normalized spacial score (nSPS) is 10.5. The Morgan fingerprint density at radius 3 is 2.43 bits per heavy atom. The number of aromatic amines is 1. The Balaban J connectivity index is 1.39. The van der Waals surface area contributed by atoms with Gasteiger partial charge in [0.05, 0.1) is 17.1 Å². The van der Waals surface area contributed by atoms with Crippen molar-refractivity contribution in [2.45, 2.75) is 0 Å². The maximum Gasteiger partial charge on any atom is 0.271 e. The number of para-hydroxylation sites is 1. The van der Waals surface area contributed by atoms with Gasteiger partial charge >= 0.3 is 0 Å². The fourth-order valence-electron chi connectivity index (χ4n) is 2.46. The number of hydrogen-bond acceptors (Lipinski definition) is 4. The minimum Gasteiger partial charge on any atom is -0.360 e. The van der Waals surface area contributed by atoms with Crippen LogP contribution in [0.4, 0.5) is 10.1 Å². The summed E-state index contributed by atoms with van der Waals surface area (Å²) in [4.78, 5) is 38.8. The van der Waals surface area contributed by atoms with Gasteiger partial charge in [-0.15, -0.1) is 11.8 Å². The van der Waals surface area contributed by atoms with Crippen molar-refractivity contribution in [2.75, 3.05) is 16.8 Å². The van der Waals surface area contributed by atoms with Gasteiger partial charge in [0, 0.05) is 22.8 Å². The number of amides is 3. The molecule has 0 unspecified atom stereocenters. The molecule has 144 valence electrons. The van der Waals surface area contributed by atoms with E-state index in [0.717, 1.165) is 22.7 Å². The van der Waals surface area contributed by atoms with Crippen LogP contribution < -0.4 is 16.2 Å². The number of anilines is 1. The number of nitrogens with one attached hydrogen (secondary N) is 4. The summed E-state index contributed by atoms with van der Waals surface area (Å²) in [6.07, 6.45) is 1.57. The van der Waals surface area contributed by atoms with Gasteiger partial charge in [0.15, 0.2) is 0 Å². The minimum absolute atomic E-state index is 0.00893. The molecule has 0 aliphatic rings. The third-order valence-electron chi connectivity index (χ3n) is 3.74. The van der Waals surface area contributed by atoms with Crippen LogP contribution in [0.15, 0.2) is 54.7 Å². The predicted molar refractivity (Wildman–Crippen MR) is 106 cm³/mol. The number of rotatable bonds is 6. The lowest BCUT2D eigenvalue weighted by Gasteiger charge is -2.07. The van der Waals surface area contributed by atoms with Gasteiger partial charge in [-0.1, -0.05) is 18.2 Å². The van der Waals surface area contributed by atoms with Crippen molar-refractivity contribution in [3.05, 3.63) is 66.1 Å². The molecule has 2 aromatic carbocycles. The number of hydrazine groups is 1. The van der Waals surface area contributed by atoms with E-state index in [-0.39, 0.29) is 17.4 Å². The van der Waals surface area contributed by atoms with Gasteiger partial charge in [-0.3, -0.25) is 25.2 Å². The zero-order chi connectivity index (χ0) is 19.9. The molecular formula is C19H17FN4O3S. The molecule has 0 saturated heterocycles. The zero-order valence-electron chi connectivity index (χ0n) is 14.6. The molecule has 0 aliphatic carbocycles. The maximum absolute atomic E-state index is 12.8. The molecule has 3 amide bonds. The van der Waals surface area contributed by atoms with Crippen LogP contribution in [-0.2, 0) is 9.59 Å². The number of benzene rings is 2. The van der Waals surface area contributed by atoms with Gasteiger partial charge in [0.2, 0.25) is 11.8 Å². The Hall–Kier alpha value is -3.33. The predicted octanol–water partition coefficient (Wildman–Crippen LogP) is 2.44. The Morgan fingerprint density at radius 1 is 0.929 bits per heavy atom. The second-order valence-corrected chi connectivity index (χ2v) is 6.78. The molecule has 1 heterocycles. The molecule has 0 atom stereocenters. The van der Waals surface area contributed by atoms with E-state index in [2.05, 4.69) is 21.2 Å². The molecule has 7 nitrogen and oxygen atoms in total. The second-order valence-electron chi connectivity index (χ2n) is 5.80. The highest BCUT2D eigenvalue weighted by Gasteiger charge is 2.12. The molecule has 0 saturated carbocycles. The van der Waals surface area contributed by atoms with Gasteiger partial charge in [0.25, 0.3) is 5.91 Å². The second kappa shape index (κ2) is 9.05. The van der Waals surface area contributed by atoms with Crippen LogP contribution in [0.2, 0.25) is 0 Å². The summed E-state index contributed by atoms with van der Waals surface area (Å²) in [7, 11) is 0. The SMILES string of the molecule is O=C(CSCC(=O)Nc1ccc(F)cc1)NNC(=O)c1c[nH]c2ccccc12. The molecule has 3 aromatic rings. The average Bonchev–Trinajstić information content (AvgIpc) is 3.12. The van der Waals surface area contributed by atoms with Crippen LogP contribution in [0.25, 0.3) is 10.9 Å². The number of fused-ring (bicyclic) bond motifs is 1. The number of H-pyrrole nitrogens is 1. The number of carbonyl (C=O) groups is 3. The summed E-state index contributed by atoms with van der Waals surface area (Å²) in [5.41, 5.74) is 6.39. The largest absolute Gasteiger partial charge is 0.360 e. The Labute approximate surface area is 164 Å². The Morgan fingerprint density at radius 2 is 1.64 bits per heavy atom. The van der Waals surface area contributed by atoms with Crippen molar-refractivity contribution in [1.29, 1.82) is 0 Å². The smallest absolute Gasteiger partial charge is 0.271 e. The summed E-state index contributed by atoms with van der Waals surface area (Å²) in [6, 6.07) is 12.7. The van der Waals surface area contributed by atoms with E-state index < -0.39 is 17.6 Å². The minimum atomic E-state index is -0.440. The fourth-order valence-corrected chi connectivity index (χ4v) is 3.07. The average molecular weight is 400 g/mol. The monoisotopic (exact) mass is 400 g/mol. The van der Waals surface area contributed by atoms with Gasteiger partial charge in [-0.25, -0.2) is 4.39 Å². The first-order valence-corrected chi connectivity index (χ1v) is 9.47. The van der Waals surface area contributed by atoms with E-state index in [1.54, 1.807) is 12.3 Å². The lowest BCUT2D eigenvalue weighted by atomic mass is 10.2. The molecule has 0 fully saturated rings. The standard InChI is InChI=1S/C19H17FN4O3S/c20-12-5-7-13(8-6-12)22-17(25)10-28-11-18(26)23-24-19(27)15-9-21-16-4-2-1-3-14(15)16/h1-9,21H,10-11H2,(H,22,25)(H,23,26)(H,24,27). The van der Waals surface area contributed by atoms with Crippen LogP contribution in [0.3, 0.4) is 0 Å². The first kappa shape index (κ1) is 19.4. The van der Waals surface area contributed by atoms with Crippen LogP contribution in [0.5, 0.6) is 0 Å². The maximum atomic E-state index is 12.8. The van der Waals surface area contributed by atoms with Crippen molar-refractivity contribution in [1.82, 2.24) is 15.8 Å². The van der Waals surface area contributed by atoms with Crippen LogP contribution in [0, 0.1) is 5.82 Å². The van der Waals surface area contributed by atoms with Crippen molar-refractivity contribution >= 4 is 46.1 Å². The molecular weight excluding hydrogens is 383 g/mol. The Kier molecular flexibility index (Phi) is 6.28. The van der Waals surface area contributed by atoms with Crippen molar-refractivity contribution < 1.29 is 18.8 Å². The van der Waals surface area contributed by atoms with Crippen molar-refractivity contribution in [3.8, 4) is 0 Å². The van der Waals surface area contributed by atoms with Gasteiger partial charge in [0.1, 0.15) is 5.82 Å². The number of carbonyl (C=O) groups excluding carboxylic acids is 3.